The Kier molecular flexibility index (Phi) is 7.08. The zero-order valence-corrected chi connectivity index (χ0v) is 16.6. The number of carbonyl (C=O) groups is 1. The van der Waals surface area contributed by atoms with E-state index in [-0.39, 0.29) is 11.4 Å². The first-order chi connectivity index (χ1) is 12.8. The normalized spacial score (nSPS) is 12.6. The van der Waals surface area contributed by atoms with Crippen molar-refractivity contribution in [2.24, 2.45) is 0 Å². The lowest BCUT2D eigenvalue weighted by Gasteiger charge is -2.18. The number of hydrogen-bond donors (Lipinski definition) is 2. The molecule has 0 aliphatic heterocycles. The summed E-state index contributed by atoms with van der Waals surface area (Å²) in [4.78, 5) is 12.4. The lowest BCUT2D eigenvalue weighted by Crippen LogP contribution is -2.29. The first kappa shape index (κ1) is 20.6. The van der Waals surface area contributed by atoms with Crippen LogP contribution in [0.15, 0.2) is 54.2 Å². The molecule has 140 valence electrons. The number of amides is 1. The van der Waals surface area contributed by atoms with Crippen LogP contribution in [0.4, 0.5) is 4.79 Å². The second-order valence-electron chi connectivity index (χ2n) is 6.09. The smallest absolute Gasteiger partial charge is 0.412 e. The molecule has 1 amide bonds. The van der Waals surface area contributed by atoms with Gasteiger partial charge in [0.15, 0.2) is 5.76 Å². The van der Waals surface area contributed by atoms with Crippen molar-refractivity contribution in [2.75, 3.05) is 7.11 Å². The van der Waals surface area contributed by atoms with E-state index in [1.807, 2.05) is 44.2 Å². The number of rotatable bonds is 6. The summed E-state index contributed by atoms with van der Waals surface area (Å²) in [5.41, 5.74) is 2.96. The number of methoxy groups -OCH3 is 1. The van der Waals surface area contributed by atoms with Crippen LogP contribution in [-0.4, -0.2) is 26.8 Å². The predicted molar refractivity (Wildman–Crippen MR) is 111 cm³/mol. The molecule has 0 saturated heterocycles. The summed E-state index contributed by atoms with van der Waals surface area (Å²) in [5, 5.41) is 11.2. The first-order valence-corrected chi connectivity index (χ1v) is 8.84. The minimum absolute atomic E-state index is 0.148. The van der Waals surface area contributed by atoms with E-state index < -0.39 is 12.2 Å². The van der Waals surface area contributed by atoms with Crippen molar-refractivity contribution in [2.45, 2.75) is 20.0 Å². The Bertz CT molecular complexity index is 866. The topological polar surface area (TPSA) is 71.4 Å². The first-order valence-electron chi connectivity index (χ1n) is 8.46. The van der Waals surface area contributed by atoms with Gasteiger partial charge >= 0.3 is 6.09 Å². The van der Waals surface area contributed by atoms with Crippen LogP contribution in [0.5, 0.6) is 0 Å². The van der Waals surface area contributed by atoms with Crippen molar-refractivity contribution in [3.63, 3.8) is 0 Å². The second-order valence-corrected chi connectivity index (χ2v) is 6.50. The van der Waals surface area contributed by atoms with E-state index in [0.717, 1.165) is 11.0 Å². The molecule has 0 spiro atoms. The summed E-state index contributed by atoms with van der Waals surface area (Å²) in [6, 6.07) is 14.8. The summed E-state index contributed by atoms with van der Waals surface area (Å²) in [7, 11) is 3.48. The second kappa shape index (κ2) is 9.28. The summed E-state index contributed by atoms with van der Waals surface area (Å²) >= 11 is 6.15. The summed E-state index contributed by atoms with van der Waals surface area (Å²) < 4.78 is 10.9. The molecule has 2 aromatic carbocycles. The van der Waals surface area contributed by atoms with Crippen molar-refractivity contribution < 1.29 is 14.3 Å². The number of carbonyl (C=O) groups excluding carboxylic acids is 1. The maximum absolute atomic E-state index is 12.4. The monoisotopic (exact) mass is 384 g/mol. The van der Waals surface area contributed by atoms with Gasteiger partial charge in [-0.1, -0.05) is 59.5 Å². The van der Waals surface area contributed by atoms with Gasteiger partial charge in [-0.3, -0.25) is 5.32 Å². The molecule has 0 aromatic heterocycles. The highest BCUT2D eigenvalue weighted by Crippen LogP contribution is 2.25. The molecule has 0 unspecified atom stereocenters. The minimum atomic E-state index is -0.689. The predicted octanol–water partition coefficient (Wildman–Crippen LogP) is 3.44. The molecule has 2 N–H and O–H groups in total. The molecule has 1 atom stereocenters. The number of nitrogens with one attached hydrogen (secondary N) is 2. The van der Waals surface area contributed by atoms with Gasteiger partial charge in [0.25, 0.3) is 0 Å². The Balaban J connectivity index is 2.24. The maximum Gasteiger partial charge on any atom is 0.412 e. The van der Waals surface area contributed by atoms with Crippen LogP contribution in [0.25, 0.3) is 5.76 Å². The van der Waals surface area contributed by atoms with Gasteiger partial charge in [0.2, 0.25) is 0 Å². The fourth-order valence-corrected chi connectivity index (χ4v) is 2.84. The largest absolute Gasteiger partial charge is 0.494 e. The number of allylic oxidation sites excluding steroid dienone is 1. The zero-order valence-electron chi connectivity index (χ0n) is 15.8. The summed E-state index contributed by atoms with van der Waals surface area (Å²) in [6.07, 6.45) is -1.23. The van der Waals surface area contributed by atoms with Crippen LogP contribution >= 0.6 is 11.6 Å². The third-order valence-electron chi connectivity index (χ3n) is 3.97. The van der Waals surface area contributed by atoms with Gasteiger partial charge in [-0.25, -0.2) is 4.79 Å². The van der Waals surface area contributed by atoms with E-state index in [2.05, 4.69) is 5.32 Å². The Morgan fingerprint density at radius 2 is 1.81 bits per heavy atom. The van der Waals surface area contributed by atoms with Gasteiger partial charge in [-0.05, 0) is 19.9 Å². The summed E-state index contributed by atoms with van der Waals surface area (Å²) in [6.45, 7) is 3.30. The van der Waals surface area contributed by atoms with E-state index in [1.165, 1.54) is 7.11 Å². The Morgan fingerprint density at radius 3 is 2.37 bits per heavy atom. The maximum atomic E-state index is 12.4. The molecule has 0 radical (unpaired) electrons. The van der Waals surface area contributed by atoms with Crippen LogP contribution in [0, 0.1) is 5.41 Å². The van der Waals surface area contributed by atoms with E-state index >= 15 is 0 Å². The molecular weight excluding hydrogens is 362 g/mol. The van der Waals surface area contributed by atoms with Crippen LogP contribution in [0.2, 0.25) is 5.02 Å². The molecule has 0 heterocycles. The quantitative estimate of drug-likeness (QED) is 0.455. The standard InChI is InChI=1S/C20H22BClN2O3/c1-12(23)18(19(26-3)14-8-10-15(21)11-9-14)24-20(25)27-13(2)16-6-4-5-7-17(16)22/h4-11,13,23H,21H2,1-3H3,(H,24,25)/b19-18+,23-12?/t13-/m1/s1. The average Bonchev–Trinajstić information content (AvgIpc) is 2.63. The lowest BCUT2D eigenvalue weighted by atomic mass is 9.94. The molecule has 0 aliphatic rings. The number of halogens is 1. The summed E-state index contributed by atoms with van der Waals surface area (Å²) in [5.74, 6) is 0.393. The Morgan fingerprint density at radius 1 is 1.19 bits per heavy atom. The van der Waals surface area contributed by atoms with Crippen LogP contribution in [-0.2, 0) is 9.47 Å². The van der Waals surface area contributed by atoms with Gasteiger partial charge < -0.3 is 14.9 Å². The molecule has 2 rings (SSSR count). The van der Waals surface area contributed by atoms with Gasteiger partial charge in [0.1, 0.15) is 19.6 Å². The van der Waals surface area contributed by atoms with Crippen LogP contribution in [0.1, 0.15) is 31.1 Å². The minimum Gasteiger partial charge on any atom is -0.494 e. The highest BCUT2D eigenvalue weighted by atomic mass is 35.5. The highest BCUT2D eigenvalue weighted by Gasteiger charge is 2.19. The molecule has 0 bridgehead atoms. The van der Waals surface area contributed by atoms with Crippen molar-refractivity contribution in [3.8, 4) is 0 Å². The number of hydrogen-bond acceptors (Lipinski definition) is 4. The van der Waals surface area contributed by atoms with Crippen LogP contribution < -0.4 is 10.8 Å². The van der Waals surface area contributed by atoms with Crippen molar-refractivity contribution in [1.82, 2.24) is 5.32 Å². The third kappa shape index (κ3) is 5.37. The molecule has 5 nitrogen and oxygen atoms in total. The van der Waals surface area contributed by atoms with Crippen LogP contribution in [0.3, 0.4) is 0 Å². The van der Waals surface area contributed by atoms with Gasteiger partial charge in [-0.2, -0.15) is 0 Å². The fourth-order valence-electron chi connectivity index (χ4n) is 2.55. The highest BCUT2D eigenvalue weighted by molar-refractivity contribution is 6.32. The molecular formula is C20H22BClN2O3. The molecule has 7 heteroatoms. The van der Waals surface area contributed by atoms with Gasteiger partial charge in [0.05, 0.1) is 12.8 Å². The SMILES string of the molecule is Bc1ccc(/C(OC)=C(\NC(=O)O[C@H](C)c2ccccc2Cl)C(C)=N)cc1. The number of ether oxygens (including phenoxy) is 2. The molecule has 2 aromatic rings. The van der Waals surface area contributed by atoms with Crippen molar-refractivity contribution in [3.05, 3.63) is 70.4 Å². The number of benzene rings is 2. The van der Waals surface area contributed by atoms with Gasteiger partial charge in [0, 0.05) is 16.1 Å². The molecule has 0 fully saturated rings. The number of alkyl carbamates (subject to hydrolysis) is 1. The molecule has 27 heavy (non-hydrogen) atoms. The van der Waals surface area contributed by atoms with Crippen molar-refractivity contribution >= 4 is 42.5 Å². The fraction of sp³-hybridized carbons (Fsp3) is 0.200. The molecule has 0 saturated carbocycles. The van der Waals surface area contributed by atoms with E-state index in [4.69, 9.17) is 26.5 Å². The Labute approximate surface area is 165 Å². The average molecular weight is 385 g/mol. The van der Waals surface area contributed by atoms with Gasteiger partial charge in [-0.15, -0.1) is 0 Å². The third-order valence-corrected chi connectivity index (χ3v) is 4.32. The Hall–Kier alpha value is -2.73. The van der Waals surface area contributed by atoms with E-state index in [1.54, 1.807) is 26.0 Å². The van der Waals surface area contributed by atoms with E-state index in [9.17, 15) is 4.79 Å². The van der Waals surface area contributed by atoms with E-state index in [0.29, 0.717) is 16.3 Å². The zero-order chi connectivity index (χ0) is 20.0. The lowest BCUT2D eigenvalue weighted by molar-refractivity contribution is 0.110. The van der Waals surface area contributed by atoms with Crippen molar-refractivity contribution in [1.29, 1.82) is 5.41 Å². The molecule has 0 aliphatic carbocycles.